The van der Waals surface area contributed by atoms with Crippen LogP contribution >= 0.6 is 0 Å². The Morgan fingerprint density at radius 3 is 2.38 bits per heavy atom. The number of benzene rings is 1. The van der Waals surface area contributed by atoms with Gasteiger partial charge in [0.2, 0.25) is 10.0 Å². The molecular formula is C15H22N2O3S. The van der Waals surface area contributed by atoms with Gasteiger partial charge in [-0.1, -0.05) is 6.92 Å². The molecule has 0 heterocycles. The molecule has 0 aromatic heterocycles. The predicted octanol–water partition coefficient (Wildman–Crippen LogP) is 1.86. The molecule has 6 heteroatoms. The minimum absolute atomic E-state index is 0.0165. The Balaban J connectivity index is 2.14. The van der Waals surface area contributed by atoms with Crippen LogP contribution < -0.4 is 4.72 Å². The molecule has 1 fully saturated rings. The standard InChI is InChI=1S/C15H22N2O3S/c1-3-10-17(11-12-4-5-12)15(18)13-6-8-14(9-7-13)21(19,20)16-2/h6-9,12,16H,3-5,10-11H2,1-2H3. The molecule has 0 atom stereocenters. The van der Waals surface area contributed by atoms with E-state index >= 15 is 0 Å². The maximum atomic E-state index is 12.5. The van der Waals surface area contributed by atoms with E-state index in [0.29, 0.717) is 11.5 Å². The van der Waals surface area contributed by atoms with E-state index in [1.165, 1.54) is 32.0 Å². The summed E-state index contributed by atoms with van der Waals surface area (Å²) in [5.74, 6) is 0.626. The van der Waals surface area contributed by atoms with Crippen LogP contribution in [0, 0.1) is 5.92 Å². The van der Waals surface area contributed by atoms with Gasteiger partial charge in [-0.25, -0.2) is 13.1 Å². The number of hydrogen-bond acceptors (Lipinski definition) is 3. The van der Waals surface area contributed by atoms with Gasteiger partial charge in [-0.15, -0.1) is 0 Å². The fourth-order valence-electron chi connectivity index (χ4n) is 2.23. The van der Waals surface area contributed by atoms with Crippen molar-refractivity contribution in [1.29, 1.82) is 0 Å². The Morgan fingerprint density at radius 1 is 1.29 bits per heavy atom. The summed E-state index contributed by atoms with van der Waals surface area (Å²) in [6.45, 7) is 3.60. The first-order valence-corrected chi connectivity index (χ1v) is 8.79. The molecule has 1 saturated carbocycles. The van der Waals surface area contributed by atoms with Gasteiger partial charge in [0.15, 0.2) is 0 Å². The van der Waals surface area contributed by atoms with Gasteiger partial charge in [-0.2, -0.15) is 0 Å². The van der Waals surface area contributed by atoms with Gasteiger partial charge in [0.1, 0.15) is 0 Å². The summed E-state index contributed by atoms with van der Waals surface area (Å²) in [5.41, 5.74) is 0.541. The second-order valence-corrected chi connectivity index (χ2v) is 7.31. The SMILES string of the molecule is CCCN(CC1CC1)C(=O)c1ccc(S(=O)(=O)NC)cc1. The second kappa shape index (κ2) is 6.58. The van der Waals surface area contributed by atoms with E-state index < -0.39 is 10.0 Å². The van der Waals surface area contributed by atoms with Crippen LogP contribution in [0.15, 0.2) is 29.2 Å². The Morgan fingerprint density at radius 2 is 1.90 bits per heavy atom. The van der Waals surface area contributed by atoms with Crippen LogP contribution in [0.25, 0.3) is 0 Å². The number of carbonyl (C=O) groups is 1. The van der Waals surface area contributed by atoms with Gasteiger partial charge >= 0.3 is 0 Å². The van der Waals surface area contributed by atoms with Crippen molar-refractivity contribution in [3.8, 4) is 0 Å². The van der Waals surface area contributed by atoms with Crippen molar-refractivity contribution in [3.63, 3.8) is 0 Å². The molecular weight excluding hydrogens is 288 g/mol. The Hall–Kier alpha value is -1.40. The maximum absolute atomic E-state index is 12.5. The molecule has 0 spiro atoms. The van der Waals surface area contributed by atoms with E-state index in [1.54, 1.807) is 12.1 Å². The molecule has 1 N–H and O–H groups in total. The molecule has 1 aromatic rings. The highest BCUT2D eigenvalue weighted by Crippen LogP contribution is 2.30. The number of amides is 1. The molecule has 0 saturated heterocycles. The van der Waals surface area contributed by atoms with Crippen molar-refractivity contribution in [2.24, 2.45) is 5.92 Å². The van der Waals surface area contributed by atoms with Crippen LogP contribution in [0.2, 0.25) is 0 Å². The molecule has 0 radical (unpaired) electrons. The third-order valence-electron chi connectivity index (χ3n) is 3.64. The third-order valence-corrected chi connectivity index (χ3v) is 5.07. The third kappa shape index (κ3) is 4.04. The molecule has 0 bridgehead atoms. The quantitative estimate of drug-likeness (QED) is 0.836. The molecule has 116 valence electrons. The minimum Gasteiger partial charge on any atom is -0.338 e. The van der Waals surface area contributed by atoms with E-state index in [0.717, 1.165) is 19.5 Å². The fraction of sp³-hybridized carbons (Fsp3) is 0.533. The lowest BCUT2D eigenvalue weighted by Crippen LogP contribution is -2.33. The van der Waals surface area contributed by atoms with Crippen LogP contribution in [0.4, 0.5) is 0 Å². The summed E-state index contributed by atoms with van der Waals surface area (Å²) >= 11 is 0. The zero-order valence-electron chi connectivity index (χ0n) is 12.5. The number of carbonyl (C=O) groups excluding carboxylic acids is 1. The van der Waals surface area contributed by atoms with Crippen molar-refractivity contribution in [3.05, 3.63) is 29.8 Å². The van der Waals surface area contributed by atoms with Gasteiger partial charge in [0.05, 0.1) is 4.90 Å². The normalized spacial score (nSPS) is 15.0. The van der Waals surface area contributed by atoms with Gasteiger partial charge in [0, 0.05) is 18.7 Å². The highest BCUT2D eigenvalue weighted by atomic mass is 32.2. The zero-order valence-corrected chi connectivity index (χ0v) is 13.3. The Bertz CT molecular complexity index is 592. The largest absolute Gasteiger partial charge is 0.338 e. The molecule has 1 amide bonds. The first-order chi connectivity index (χ1) is 9.97. The summed E-state index contributed by atoms with van der Waals surface area (Å²) in [4.78, 5) is 14.5. The minimum atomic E-state index is -3.46. The molecule has 0 aliphatic heterocycles. The van der Waals surface area contributed by atoms with E-state index in [4.69, 9.17) is 0 Å². The second-order valence-electron chi connectivity index (χ2n) is 5.43. The fourth-order valence-corrected chi connectivity index (χ4v) is 2.96. The van der Waals surface area contributed by atoms with Crippen LogP contribution in [0.5, 0.6) is 0 Å². The highest BCUT2D eigenvalue weighted by molar-refractivity contribution is 7.89. The van der Waals surface area contributed by atoms with Crippen LogP contribution in [0.1, 0.15) is 36.5 Å². The number of rotatable bonds is 7. The first kappa shape index (κ1) is 16.0. The lowest BCUT2D eigenvalue weighted by molar-refractivity contribution is 0.0747. The van der Waals surface area contributed by atoms with Crippen LogP contribution in [-0.4, -0.2) is 39.4 Å². The van der Waals surface area contributed by atoms with Crippen LogP contribution in [-0.2, 0) is 10.0 Å². The van der Waals surface area contributed by atoms with Crippen molar-refractivity contribution in [2.45, 2.75) is 31.1 Å². The predicted molar refractivity (Wildman–Crippen MR) is 81.6 cm³/mol. The molecule has 1 aliphatic rings. The zero-order chi connectivity index (χ0) is 15.5. The maximum Gasteiger partial charge on any atom is 0.253 e. The first-order valence-electron chi connectivity index (χ1n) is 7.30. The van der Waals surface area contributed by atoms with Crippen LogP contribution in [0.3, 0.4) is 0 Å². The van der Waals surface area contributed by atoms with E-state index in [-0.39, 0.29) is 10.8 Å². The summed E-state index contributed by atoms with van der Waals surface area (Å²) in [7, 11) is -2.09. The van der Waals surface area contributed by atoms with Gasteiger partial charge < -0.3 is 4.90 Å². The van der Waals surface area contributed by atoms with Gasteiger partial charge in [-0.05, 0) is 56.5 Å². The number of nitrogens with zero attached hydrogens (tertiary/aromatic N) is 1. The molecule has 1 aliphatic carbocycles. The summed E-state index contributed by atoms with van der Waals surface area (Å²) in [6.07, 6.45) is 3.32. The van der Waals surface area contributed by atoms with Gasteiger partial charge in [-0.3, -0.25) is 4.79 Å². The van der Waals surface area contributed by atoms with Gasteiger partial charge in [0.25, 0.3) is 5.91 Å². The highest BCUT2D eigenvalue weighted by Gasteiger charge is 2.27. The van der Waals surface area contributed by atoms with E-state index in [1.807, 2.05) is 4.90 Å². The number of nitrogens with one attached hydrogen (secondary N) is 1. The van der Waals surface area contributed by atoms with Crippen molar-refractivity contribution in [2.75, 3.05) is 20.1 Å². The lowest BCUT2D eigenvalue weighted by Gasteiger charge is -2.22. The Kier molecular flexibility index (Phi) is 5.00. The summed E-state index contributed by atoms with van der Waals surface area (Å²) in [5, 5.41) is 0. The van der Waals surface area contributed by atoms with Crippen molar-refractivity contribution < 1.29 is 13.2 Å². The van der Waals surface area contributed by atoms with Crippen molar-refractivity contribution >= 4 is 15.9 Å². The smallest absolute Gasteiger partial charge is 0.253 e. The van der Waals surface area contributed by atoms with E-state index in [2.05, 4.69) is 11.6 Å². The molecule has 1 aromatic carbocycles. The average molecular weight is 310 g/mol. The molecule has 5 nitrogen and oxygen atoms in total. The average Bonchev–Trinajstić information content (AvgIpc) is 3.30. The summed E-state index contributed by atoms with van der Waals surface area (Å²) in [6, 6.07) is 6.12. The topological polar surface area (TPSA) is 66.5 Å². The van der Waals surface area contributed by atoms with Crippen molar-refractivity contribution in [1.82, 2.24) is 9.62 Å². The lowest BCUT2D eigenvalue weighted by atomic mass is 10.2. The molecule has 0 unspecified atom stereocenters. The monoisotopic (exact) mass is 310 g/mol. The Labute approximate surface area is 126 Å². The summed E-state index contributed by atoms with van der Waals surface area (Å²) < 4.78 is 25.6. The number of sulfonamides is 1. The molecule has 21 heavy (non-hydrogen) atoms. The molecule has 2 rings (SSSR count). The van der Waals surface area contributed by atoms with E-state index in [9.17, 15) is 13.2 Å². The number of hydrogen-bond donors (Lipinski definition) is 1.